The number of hydrogen-bond donors (Lipinski definition) is 0. The average Bonchev–Trinajstić information content (AvgIpc) is 2.81. The van der Waals surface area contributed by atoms with Gasteiger partial charge in [0.05, 0.1) is 25.3 Å². The van der Waals surface area contributed by atoms with Gasteiger partial charge in [-0.1, -0.05) is 24.3 Å². The maximum Gasteiger partial charge on any atom is 0.337 e. The summed E-state index contributed by atoms with van der Waals surface area (Å²) in [5.41, 5.74) is 0.630. The van der Waals surface area contributed by atoms with Gasteiger partial charge in [-0.2, -0.15) is 0 Å². The molecule has 0 N–H and O–H groups in total. The van der Waals surface area contributed by atoms with E-state index in [4.69, 9.17) is 14.2 Å². The van der Waals surface area contributed by atoms with Gasteiger partial charge in [0.2, 0.25) is 9.84 Å². The summed E-state index contributed by atoms with van der Waals surface area (Å²) in [4.78, 5) is 23.8. The fourth-order valence-corrected chi connectivity index (χ4v) is 5.89. The van der Waals surface area contributed by atoms with Gasteiger partial charge in [-0.3, -0.25) is 0 Å². The molecule has 0 aromatic heterocycles. The number of methoxy groups -OCH3 is 2. The van der Waals surface area contributed by atoms with E-state index in [9.17, 15) is 18.0 Å². The third-order valence-corrected chi connectivity index (χ3v) is 7.39. The molecule has 8 heteroatoms. The zero-order chi connectivity index (χ0) is 22.6. The number of benzene rings is 4. The Balaban J connectivity index is 1.76. The van der Waals surface area contributed by atoms with Crippen molar-refractivity contribution < 1.29 is 32.2 Å². The molecule has 7 nitrogen and oxygen atoms in total. The standard InChI is InChI=1S/C24H16O7S/c1-29-23(25)15-3-7-17-13(11-15)5-9-19-21(17)32(27,28)22-18-8-4-16(24(26)30-2)12-14(18)6-10-20(22)31-19/h3-12H,1-2H3. The first-order chi connectivity index (χ1) is 15.3. The predicted molar refractivity (Wildman–Crippen MR) is 116 cm³/mol. The maximum absolute atomic E-state index is 13.8. The number of sulfone groups is 1. The normalized spacial score (nSPS) is 13.7. The number of carbonyl (C=O) groups excluding carboxylic acids is 2. The molecule has 0 aliphatic carbocycles. The van der Waals surface area contributed by atoms with Gasteiger partial charge in [-0.15, -0.1) is 0 Å². The smallest absolute Gasteiger partial charge is 0.337 e. The van der Waals surface area contributed by atoms with Gasteiger partial charge in [-0.05, 0) is 47.2 Å². The zero-order valence-electron chi connectivity index (χ0n) is 17.0. The molecule has 5 rings (SSSR count). The first kappa shape index (κ1) is 20.0. The number of rotatable bonds is 2. The molecule has 4 aromatic carbocycles. The van der Waals surface area contributed by atoms with Crippen molar-refractivity contribution >= 4 is 43.3 Å². The van der Waals surface area contributed by atoms with Crippen molar-refractivity contribution in [2.24, 2.45) is 0 Å². The Kier molecular flexibility index (Phi) is 4.42. The SMILES string of the molecule is COC(=O)c1ccc2c3c(ccc2c1)Oc1ccc2cc(C(=O)OC)ccc2c1S3(=O)=O. The van der Waals surface area contributed by atoms with Gasteiger partial charge in [0.25, 0.3) is 0 Å². The Bertz CT molecular complexity index is 1460. The highest BCUT2D eigenvalue weighted by Crippen LogP contribution is 2.48. The minimum absolute atomic E-state index is 0.0310. The lowest BCUT2D eigenvalue weighted by molar-refractivity contribution is 0.0592. The van der Waals surface area contributed by atoms with Crippen LogP contribution in [0.2, 0.25) is 0 Å². The highest BCUT2D eigenvalue weighted by atomic mass is 32.2. The lowest BCUT2D eigenvalue weighted by atomic mass is 10.1. The molecule has 0 bridgehead atoms. The summed E-state index contributed by atoms with van der Waals surface area (Å²) in [5.74, 6) is -0.606. The fraction of sp³-hybridized carbons (Fsp3) is 0.0833. The summed E-state index contributed by atoms with van der Waals surface area (Å²) in [6.07, 6.45) is 0. The second kappa shape index (κ2) is 7.06. The summed E-state index contributed by atoms with van der Waals surface area (Å²) in [6.45, 7) is 0. The van der Waals surface area contributed by atoms with Crippen LogP contribution in [0, 0.1) is 0 Å². The van der Waals surface area contributed by atoms with Crippen molar-refractivity contribution in [1.82, 2.24) is 0 Å². The van der Waals surface area contributed by atoms with Gasteiger partial charge < -0.3 is 14.2 Å². The second-order valence-electron chi connectivity index (χ2n) is 7.25. The van der Waals surface area contributed by atoms with E-state index >= 15 is 0 Å². The van der Waals surface area contributed by atoms with E-state index in [1.54, 1.807) is 48.5 Å². The number of hydrogen-bond acceptors (Lipinski definition) is 7. The van der Waals surface area contributed by atoms with Gasteiger partial charge in [0, 0.05) is 10.8 Å². The van der Waals surface area contributed by atoms with Crippen LogP contribution < -0.4 is 4.74 Å². The van der Waals surface area contributed by atoms with Crippen LogP contribution in [0.15, 0.2) is 70.5 Å². The molecule has 1 heterocycles. The first-order valence-electron chi connectivity index (χ1n) is 9.58. The van der Waals surface area contributed by atoms with E-state index in [0.717, 1.165) is 0 Å². The van der Waals surface area contributed by atoms with E-state index in [0.29, 0.717) is 32.7 Å². The third kappa shape index (κ3) is 2.84. The van der Waals surface area contributed by atoms with Gasteiger partial charge in [0.1, 0.15) is 21.3 Å². The van der Waals surface area contributed by atoms with Crippen molar-refractivity contribution in [2.45, 2.75) is 9.79 Å². The Labute approximate surface area is 183 Å². The van der Waals surface area contributed by atoms with Crippen LogP contribution in [-0.2, 0) is 19.3 Å². The molecule has 0 atom stereocenters. The highest BCUT2D eigenvalue weighted by molar-refractivity contribution is 7.92. The highest BCUT2D eigenvalue weighted by Gasteiger charge is 2.35. The monoisotopic (exact) mass is 448 g/mol. The molecule has 1 aliphatic rings. The van der Waals surface area contributed by atoms with Crippen LogP contribution in [0.25, 0.3) is 21.5 Å². The lowest BCUT2D eigenvalue weighted by Gasteiger charge is -2.23. The van der Waals surface area contributed by atoms with Crippen molar-refractivity contribution in [3.63, 3.8) is 0 Å². The molecule has 0 saturated heterocycles. The molecule has 0 radical (unpaired) electrons. The Morgan fingerprint density at radius 3 is 1.53 bits per heavy atom. The van der Waals surface area contributed by atoms with Crippen LogP contribution >= 0.6 is 0 Å². The largest absolute Gasteiger partial charge is 0.465 e. The quantitative estimate of drug-likeness (QED) is 0.367. The molecule has 0 spiro atoms. The Morgan fingerprint density at radius 2 is 1.12 bits per heavy atom. The van der Waals surface area contributed by atoms with Crippen molar-refractivity contribution in [2.75, 3.05) is 14.2 Å². The summed E-state index contributed by atoms with van der Waals surface area (Å²) in [7, 11) is -1.42. The van der Waals surface area contributed by atoms with E-state index in [1.165, 1.54) is 26.4 Å². The van der Waals surface area contributed by atoms with Gasteiger partial charge >= 0.3 is 11.9 Å². The predicted octanol–water partition coefficient (Wildman–Crippen LogP) is 4.50. The molecule has 0 fully saturated rings. The molecule has 160 valence electrons. The Hall–Kier alpha value is -3.91. The first-order valence-corrected chi connectivity index (χ1v) is 11.1. The third-order valence-electron chi connectivity index (χ3n) is 5.47. The number of esters is 2. The van der Waals surface area contributed by atoms with Crippen LogP contribution in [-0.4, -0.2) is 34.6 Å². The minimum atomic E-state index is -3.99. The topological polar surface area (TPSA) is 96.0 Å². The van der Waals surface area contributed by atoms with E-state index in [-0.39, 0.29) is 21.3 Å². The van der Waals surface area contributed by atoms with E-state index in [1.807, 2.05) is 0 Å². The average molecular weight is 448 g/mol. The molecule has 1 aliphatic heterocycles. The van der Waals surface area contributed by atoms with Gasteiger partial charge in [0.15, 0.2) is 0 Å². The van der Waals surface area contributed by atoms with Crippen molar-refractivity contribution in [3.05, 3.63) is 71.8 Å². The second-order valence-corrected chi connectivity index (χ2v) is 9.07. The molecule has 32 heavy (non-hydrogen) atoms. The Morgan fingerprint density at radius 1 is 0.688 bits per heavy atom. The van der Waals surface area contributed by atoms with Crippen molar-refractivity contribution in [1.29, 1.82) is 0 Å². The summed E-state index contributed by atoms with van der Waals surface area (Å²) < 4.78 is 43.1. The molecule has 0 amide bonds. The molecule has 0 saturated carbocycles. The molecule has 0 unspecified atom stereocenters. The van der Waals surface area contributed by atoms with Crippen LogP contribution in [0.3, 0.4) is 0 Å². The van der Waals surface area contributed by atoms with Crippen LogP contribution in [0.1, 0.15) is 20.7 Å². The molecule has 4 aromatic rings. The maximum atomic E-state index is 13.8. The summed E-state index contributed by atoms with van der Waals surface area (Å²) in [5, 5.41) is 2.00. The number of ether oxygens (including phenoxy) is 3. The van der Waals surface area contributed by atoms with Crippen LogP contribution in [0.5, 0.6) is 11.5 Å². The fourth-order valence-electron chi connectivity index (χ4n) is 3.99. The molecular formula is C24H16O7S. The van der Waals surface area contributed by atoms with Gasteiger partial charge in [-0.25, -0.2) is 18.0 Å². The number of carbonyl (C=O) groups is 2. The summed E-state index contributed by atoms with van der Waals surface area (Å²) in [6, 6.07) is 15.9. The minimum Gasteiger partial charge on any atom is -0.465 e. The van der Waals surface area contributed by atoms with Crippen LogP contribution in [0.4, 0.5) is 0 Å². The van der Waals surface area contributed by atoms with Crippen molar-refractivity contribution in [3.8, 4) is 11.5 Å². The number of fused-ring (bicyclic) bond motifs is 6. The summed E-state index contributed by atoms with van der Waals surface area (Å²) >= 11 is 0. The zero-order valence-corrected chi connectivity index (χ0v) is 17.9. The van der Waals surface area contributed by atoms with E-state index < -0.39 is 21.8 Å². The van der Waals surface area contributed by atoms with E-state index in [2.05, 4.69) is 0 Å². The molecular weight excluding hydrogens is 432 g/mol. The lowest BCUT2D eigenvalue weighted by Crippen LogP contribution is -2.13.